The number of anilines is 1. The van der Waals surface area contributed by atoms with Gasteiger partial charge in [0.2, 0.25) is 5.91 Å². The highest BCUT2D eigenvalue weighted by Crippen LogP contribution is 2.26. The number of nitrogens with zero attached hydrogens (tertiary/aromatic N) is 1. The molecule has 104 valence electrons. The van der Waals surface area contributed by atoms with Gasteiger partial charge >= 0.3 is 0 Å². The van der Waals surface area contributed by atoms with Crippen LogP contribution in [0.1, 0.15) is 45.1 Å². The van der Waals surface area contributed by atoms with E-state index in [1.54, 1.807) is 12.1 Å². The van der Waals surface area contributed by atoms with E-state index in [1.807, 2.05) is 6.07 Å². The highest BCUT2D eigenvalue weighted by Gasteiger charge is 2.15. The zero-order chi connectivity index (χ0) is 14.3. The number of hydrogen-bond donors (Lipinski definition) is 1. The lowest BCUT2D eigenvalue weighted by Crippen LogP contribution is -2.08. The van der Waals surface area contributed by atoms with Gasteiger partial charge in [-0.25, -0.2) is 0 Å². The van der Waals surface area contributed by atoms with Gasteiger partial charge in [-0.05, 0) is 24.5 Å². The molecular weight excluding hydrogens is 244 g/mol. The van der Waals surface area contributed by atoms with Crippen LogP contribution in [0.15, 0.2) is 18.2 Å². The molecule has 1 N–H and O–H groups in total. The summed E-state index contributed by atoms with van der Waals surface area (Å²) in [6, 6.07) is 5.00. The summed E-state index contributed by atoms with van der Waals surface area (Å²) in [5.74, 6) is -0.307. The summed E-state index contributed by atoms with van der Waals surface area (Å²) in [6.07, 6.45) is 5.36. The summed E-state index contributed by atoms with van der Waals surface area (Å²) in [7, 11) is 0. The van der Waals surface area contributed by atoms with Crippen molar-refractivity contribution in [3.8, 4) is 0 Å². The molecule has 0 fully saturated rings. The molecule has 0 unspecified atom stereocenters. The van der Waals surface area contributed by atoms with Crippen molar-refractivity contribution < 1.29 is 9.72 Å². The molecule has 1 rings (SSSR count). The first-order chi connectivity index (χ1) is 9.04. The molecule has 0 heterocycles. The summed E-state index contributed by atoms with van der Waals surface area (Å²) < 4.78 is 0. The molecule has 1 aromatic rings. The highest BCUT2D eigenvalue weighted by atomic mass is 16.6. The second-order valence-electron chi connectivity index (χ2n) is 4.60. The Bertz CT molecular complexity index is 458. The first kappa shape index (κ1) is 15.1. The molecule has 0 aliphatic carbocycles. The minimum atomic E-state index is -0.458. The summed E-state index contributed by atoms with van der Waals surface area (Å²) in [6.45, 7) is 3.48. The van der Waals surface area contributed by atoms with E-state index in [9.17, 15) is 14.9 Å². The Morgan fingerprint density at radius 3 is 2.63 bits per heavy atom. The van der Waals surface area contributed by atoms with Gasteiger partial charge in [-0.1, -0.05) is 32.3 Å². The van der Waals surface area contributed by atoms with Gasteiger partial charge in [-0.2, -0.15) is 0 Å². The molecule has 19 heavy (non-hydrogen) atoms. The van der Waals surface area contributed by atoms with E-state index in [0.717, 1.165) is 24.8 Å². The monoisotopic (exact) mass is 264 g/mol. The van der Waals surface area contributed by atoms with Crippen LogP contribution in [-0.2, 0) is 11.2 Å². The molecular formula is C14H20N2O3. The first-order valence-corrected chi connectivity index (χ1v) is 6.59. The lowest BCUT2D eigenvalue weighted by Gasteiger charge is -2.06. The fourth-order valence-corrected chi connectivity index (χ4v) is 1.94. The van der Waals surface area contributed by atoms with Crippen molar-refractivity contribution >= 4 is 17.3 Å². The lowest BCUT2D eigenvalue weighted by atomic mass is 10.0. The number of hydrogen-bond acceptors (Lipinski definition) is 3. The molecule has 1 aromatic carbocycles. The van der Waals surface area contributed by atoms with Crippen molar-refractivity contribution in [2.45, 2.75) is 46.0 Å². The zero-order valence-corrected chi connectivity index (χ0v) is 11.4. The van der Waals surface area contributed by atoms with E-state index in [1.165, 1.54) is 19.8 Å². The topological polar surface area (TPSA) is 72.2 Å². The Morgan fingerprint density at radius 2 is 2.05 bits per heavy atom. The average molecular weight is 264 g/mol. The zero-order valence-electron chi connectivity index (χ0n) is 11.4. The molecule has 0 atom stereocenters. The molecule has 0 bridgehead atoms. The van der Waals surface area contributed by atoms with Crippen molar-refractivity contribution in [1.82, 2.24) is 0 Å². The lowest BCUT2D eigenvalue weighted by molar-refractivity contribution is -0.384. The molecule has 0 spiro atoms. The normalized spacial score (nSPS) is 10.2. The summed E-state index contributed by atoms with van der Waals surface area (Å²) in [5, 5.41) is 13.5. The third-order valence-corrected chi connectivity index (χ3v) is 2.89. The summed E-state index contributed by atoms with van der Waals surface area (Å²) >= 11 is 0. The van der Waals surface area contributed by atoms with Crippen LogP contribution in [0.4, 0.5) is 11.4 Å². The van der Waals surface area contributed by atoms with Crippen molar-refractivity contribution in [2.75, 3.05) is 5.32 Å². The van der Waals surface area contributed by atoms with E-state index < -0.39 is 4.92 Å². The standard InChI is InChI=1S/C14H20N2O3/c1-3-4-5-6-7-12-8-9-13(15-11(2)17)14(10-12)16(18)19/h8-10H,3-7H2,1-2H3,(H,15,17). The van der Waals surface area contributed by atoms with Crippen molar-refractivity contribution in [3.05, 3.63) is 33.9 Å². The second kappa shape index (κ2) is 7.51. The largest absolute Gasteiger partial charge is 0.321 e. The number of carbonyl (C=O) groups is 1. The molecule has 0 aromatic heterocycles. The van der Waals surface area contributed by atoms with Gasteiger partial charge in [-0.15, -0.1) is 0 Å². The van der Waals surface area contributed by atoms with Gasteiger partial charge in [0, 0.05) is 13.0 Å². The van der Waals surface area contributed by atoms with Gasteiger partial charge in [0.1, 0.15) is 5.69 Å². The van der Waals surface area contributed by atoms with E-state index >= 15 is 0 Å². The van der Waals surface area contributed by atoms with Crippen LogP contribution in [0.3, 0.4) is 0 Å². The first-order valence-electron chi connectivity index (χ1n) is 6.59. The van der Waals surface area contributed by atoms with Crippen molar-refractivity contribution in [1.29, 1.82) is 0 Å². The molecule has 1 amide bonds. The molecule has 0 aliphatic heterocycles. The van der Waals surface area contributed by atoms with Crippen LogP contribution in [0.5, 0.6) is 0 Å². The summed E-state index contributed by atoms with van der Waals surface area (Å²) in [4.78, 5) is 21.5. The van der Waals surface area contributed by atoms with Crippen LogP contribution in [0.2, 0.25) is 0 Å². The number of nitro groups is 1. The van der Waals surface area contributed by atoms with Crippen LogP contribution in [0, 0.1) is 10.1 Å². The third kappa shape index (κ3) is 5.07. The maximum Gasteiger partial charge on any atom is 0.293 e. The van der Waals surface area contributed by atoms with Gasteiger partial charge in [0.05, 0.1) is 4.92 Å². The van der Waals surface area contributed by atoms with Gasteiger partial charge < -0.3 is 5.32 Å². The maximum atomic E-state index is 11.0. The Labute approximate surface area is 113 Å². The summed E-state index contributed by atoms with van der Waals surface area (Å²) in [5.41, 5.74) is 1.16. The fraction of sp³-hybridized carbons (Fsp3) is 0.500. The fourth-order valence-electron chi connectivity index (χ4n) is 1.94. The predicted molar refractivity (Wildman–Crippen MR) is 75.2 cm³/mol. The number of amides is 1. The Balaban J connectivity index is 2.78. The number of nitrogens with one attached hydrogen (secondary N) is 1. The Hall–Kier alpha value is -1.91. The minimum Gasteiger partial charge on any atom is -0.321 e. The number of aryl methyl sites for hydroxylation is 1. The smallest absolute Gasteiger partial charge is 0.293 e. The van der Waals surface area contributed by atoms with Crippen LogP contribution in [0.25, 0.3) is 0 Å². The number of unbranched alkanes of at least 4 members (excludes halogenated alkanes) is 3. The Kier molecular flexibility index (Phi) is 5.99. The molecule has 0 radical (unpaired) electrons. The average Bonchev–Trinajstić information content (AvgIpc) is 2.35. The number of benzene rings is 1. The molecule has 5 heteroatoms. The third-order valence-electron chi connectivity index (χ3n) is 2.89. The van der Waals surface area contributed by atoms with E-state index in [0.29, 0.717) is 0 Å². The van der Waals surface area contributed by atoms with Gasteiger partial charge in [0.15, 0.2) is 0 Å². The maximum absolute atomic E-state index is 11.0. The minimum absolute atomic E-state index is 0.0387. The quantitative estimate of drug-likeness (QED) is 0.464. The van der Waals surface area contributed by atoms with Crippen LogP contribution < -0.4 is 5.32 Å². The molecule has 0 aliphatic rings. The second-order valence-corrected chi connectivity index (χ2v) is 4.60. The van der Waals surface area contributed by atoms with Crippen molar-refractivity contribution in [2.24, 2.45) is 0 Å². The van der Waals surface area contributed by atoms with Crippen molar-refractivity contribution in [3.63, 3.8) is 0 Å². The number of rotatable bonds is 7. The van der Waals surface area contributed by atoms with Crippen LogP contribution in [-0.4, -0.2) is 10.8 Å². The van der Waals surface area contributed by atoms with E-state index in [2.05, 4.69) is 12.2 Å². The van der Waals surface area contributed by atoms with E-state index in [4.69, 9.17) is 0 Å². The molecule has 0 saturated carbocycles. The molecule has 0 saturated heterocycles. The SMILES string of the molecule is CCCCCCc1ccc(NC(C)=O)c([N+](=O)[O-])c1. The predicted octanol–water partition coefficient (Wildman–Crippen LogP) is 3.68. The Morgan fingerprint density at radius 1 is 1.32 bits per heavy atom. The van der Waals surface area contributed by atoms with E-state index in [-0.39, 0.29) is 17.3 Å². The number of carbonyl (C=O) groups excluding carboxylic acids is 1. The molecule has 5 nitrogen and oxygen atoms in total. The van der Waals surface area contributed by atoms with Gasteiger partial charge in [-0.3, -0.25) is 14.9 Å². The highest BCUT2D eigenvalue weighted by molar-refractivity contribution is 5.91. The van der Waals surface area contributed by atoms with Gasteiger partial charge in [0.25, 0.3) is 5.69 Å². The number of nitro benzene ring substituents is 1. The van der Waals surface area contributed by atoms with Crippen LogP contribution >= 0.6 is 0 Å².